The molecule has 1 saturated heterocycles. The Hall–Kier alpha value is -4.38. The fourth-order valence-electron chi connectivity index (χ4n) is 6.21. The molecule has 4 aromatic carbocycles. The van der Waals surface area contributed by atoms with Gasteiger partial charge in [-0.2, -0.15) is 10.2 Å². The molecule has 2 amide bonds. The van der Waals surface area contributed by atoms with Crippen molar-refractivity contribution in [2.45, 2.75) is 11.8 Å². The Bertz CT molecular complexity index is 1390. The van der Waals surface area contributed by atoms with Crippen molar-refractivity contribution < 1.29 is 9.59 Å². The Morgan fingerprint density at radius 3 is 1.34 bits per heavy atom. The third-order valence-electron chi connectivity index (χ3n) is 7.59. The predicted molar refractivity (Wildman–Crippen MR) is 133 cm³/mol. The highest BCUT2D eigenvalue weighted by Crippen LogP contribution is 2.61. The van der Waals surface area contributed by atoms with Gasteiger partial charge >= 0.3 is 0 Å². The van der Waals surface area contributed by atoms with E-state index in [1.807, 2.05) is 54.6 Å². The van der Waals surface area contributed by atoms with Crippen molar-refractivity contribution in [3.8, 4) is 0 Å². The number of imide groups is 1. The maximum absolute atomic E-state index is 13.8. The zero-order valence-corrected chi connectivity index (χ0v) is 18.8. The van der Waals surface area contributed by atoms with E-state index in [0.29, 0.717) is 11.4 Å². The fraction of sp³-hybridized carbons (Fsp3) is 0.133. The standard InChI is InChI=1S/C30H21N3O2/c34-29-27-25-21-10-4-5-11-22(21)26(24-13-7-6-12-23(24)25)28(27)30(35)33(29)20-16-14-19(15-17-20)32-31-18-8-2-1-3-9-18/h1-17,25-28H/t25?,26?,27-,28-/m1/s1. The first kappa shape index (κ1) is 20.0. The van der Waals surface area contributed by atoms with E-state index in [9.17, 15) is 9.59 Å². The Morgan fingerprint density at radius 1 is 0.486 bits per heavy atom. The maximum Gasteiger partial charge on any atom is 0.238 e. The minimum atomic E-state index is -0.380. The van der Waals surface area contributed by atoms with Gasteiger partial charge < -0.3 is 0 Å². The first-order chi connectivity index (χ1) is 17.2. The van der Waals surface area contributed by atoms with Gasteiger partial charge in [0.05, 0.1) is 28.9 Å². The summed E-state index contributed by atoms with van der Waals surface area (Å²) < 4.78 is 0. The number of hydrogen-bond acceptors (Lipinski definition) is 4. The van der Waals surface area contributed by atoms with Crippen molar-refractivity contribution in [3.63, 3.8) is 0 Å². The molecule has 168 valence electrons. The predicted octanol–water partition coefficient (Wildman–Crippen LogP) is 6.50. The van der Waals surface area contributed by atoms with Crippen LogP contribution in [0.5, 0.6) is 0 Å². The Morgan fingerprint density at radius 2 is 0.886 bits per heavy atom. The van der Waals surface area contributed by atoms with Gasteiger partial charge in [0, 0.05) is 11.8 Å². The number of azo groups is 1. The minimum absolute atomic E-state index is 0.0993. The van der Waals surface area contributed by atoms with Crippen LogP contribution in [0, 0.1) is 11.8 Å². The van der Waals surface area contributed by atoms with E-state index >= 15 is 0 Å². The lowest BCUT2D eigenvalue weighted by Gasteiger charge is -2.45. The summed E-state index contributed by atoms with van der Waals surface area (Å²) in [5.41, 5.74) is 6.72. The molecule has 0 saturated carbocycles. The van der Waals surface area contributed by atoms with Gasteiger partial charge in [0.2, 0.25) is 11.8 Å². The van der Waals surface area contributed by atoms with Crippen LogP contribution in [0.15, 0.2) is 113 Å². The number of rotatable bonds is 3. The van der Waals surface area contributed by atoms with Crippen LogP contribution in [-0.2, 0) is 9.59 Å². The van der Waals surface area contributed by atoms with Crippen molar-refractivity contribution in [3.05, 3.63) is 125 Å². The third kappa shape index (κ3) is 2.88. The molecular formula is C30H21N3O2. The summed E-state index contributed by atoms with van der Waals surface area (Å²) in [6, 6.07) is 33.2. The van der Waals surface area contributed by atoms with Gasteiger partial charge in [-0.1, -0.05) is 66.7 Å². The zero-order chi connectivity index (χ0) is 23.5. The van der Waals surface area contributed by atoms with Crippen molar-refractivity contribution in [2.24, 2.45) is 22.1 Å². The highest BCUT2D eigenvalue weighted by Gasteiger charge is 2.61. The second kappa shape index (κ2) is 7.57. The second-order valence-electron chi connectivity index (χ2n) is 9.33. The molecule has 1 aliphatic heterocycles. The summed E-state index contributed by atoms with van der Waals surface area (Å²) in [6.45, 7) is 0. The molecule has 0 N–H and O–H groups in total. The lowest BCUT2D eigenvalue weighted by Crippen LogP contribution is -2.41. The monoisotopic (exact) mass is 455 g/mol. The molecule has 2 bridgehead atoms. The van der Waals surface area contributed by atoms with Crippen molar-refractivity contribution in [2.75, 3.05) is 4.90 Å². The van der Waals surface area contributed by atoms with E-state index in [0.717, 1.165) is 5.69 Å². The topological polar surface area (TPSA) is 62.1 Å². The highest BCUT2D eigenvalue weighted by molar-refractivity contribution is 6.23. The van der Waals surface area contributed by atoms with E-state index in [1.165, 1.54) is 27.2 Å². The van der Waals surface area contributed by atoms with Crippen molar-refractivity contribution in [1.29, 1.82) is 0 Å². The van der Waals surface area contributed by atoms with Gasteiger partial charge in [-0.3, -0.25) is 9.59 Å². The average molecular weight is 456 g/mol. The Labute approximate surface area is 202 Å². The van der Waals surface area contributed by atoms with Crippen LogP contribution < -0.4 is 4.90 Å². The van der Waals surface area contributed by atoms with E-state index in [4.69, 9.17) is 0 Å². The second-order valence-corrected chi connectivity index (χ2v) is 9.33. The number of amides is 2. The number of anilines is 1. The van der Waals surface area contributed by atoms with Gasteiger partial charge in [0.25, 0.3) is 0 Å². The normalized spacial score (nSPS) is 23.9. The van der Waals surface area contributed by atoms with Gasteiger partial charge in [-0.05, 0) is 58.7 Å². The smallest absolute Gasteiger partial charge is 0.238 e. The van der Waals surface area contributed by atoms with Gasteiger partial charge in [-0.15, -0.1) is 0 Å². The van der Waals surface area contributed by atoms with Crippen LogP contribution >= 0.6 is 0 Å². The Balaban J connectivity index is 1.25. The molecule has 1 heterocycles. The summed E-state index contributed by atoms with van der Waals surface area (Å²) >= 11 is 0. The van der Waals surface area contributed by atoms with E-state index in [-0.39, 0.29) is 35.5 Å². The highest BCUT2D eigenvalue weighted by atomic mass is 16.2. The zero-order valence-electron chi connectivity index (χ0n) is 18.8. The van der Waals surface area contributed by atoms with E-state index in [2.05, 4.69) is 34.5 Å². The lowest BCUT2D eigenvalue weighted by molar-refractivity contribution is -0.122. The molecule has 0 radical (unpaired) electrons. The van der Waals surface area contributed by atoms with Crippen LogP contribution in [-0.4, -0.2) is 11.8 Å². The molecule has 3 aliphatic carbocycles. The van der Waals surface area contributed by atoms with E-state index < -0.39 is 0 Å². The SMILES string of the molecule is O=C1[C@@H]2C3c4ccccc4C(c4ccccc43)[C@H]2C(=O)N1c1ccc(N=Nc2ccccc2)cc1. The molecule has 0 spiro atoms. The van der Waals surface area contributed by atoms with Gasteiger partial charge in [-0.25, -0.2) is 4.90 Å². The van der Waals surface area contributed by atoms with Gasteiger partial charge in [0.1, 0.15) is 0 Å². The number of hydrogen-bond donors (Lipinski definition) is 0. The first-order valence-electron chi connectivity index (χ1n) is 11.8. The quantitative estimate of drug-likeness (QED) is 0.262. The van der Waals surface area contributed by atoms with Crippen LogP contribution in [0.4, 0.5) is 17.1 Å². The summed E-state index contributed by atoms with van der Waals surface area (Å²) in [7, 11) is 0. The Kier molecular flexibility index (Phi) is 4.33. The fourth-order valence-corrected chi connectivity index (χ4v) is 6.21. The molecule has 4 aromatic rings. The molecular weight excluding hydrogens is 434 g/mol. The van der Waals surface area contributed by atoms with Crippen molar-refractivity contribution in [1.82, 2.24) is 0 Å². The first-order valence-corrected chi connectivity index (χ1v) is 11.8. The third-order valence-corrected chi connectivity index (χ3v) is 7.59. The molecule has 0 unspecified atom stereocenters. The number of nitrogens with zero attached hydrogens (tertiary/aromatic N) is 3. The minimum Gasteiger partial charge on any atom is -0.274 e. The largest absolute Gasteiger partial charge is 0.274 e. The summed E-state index contributed by atoms with van der Waals surface area (Å²) in [4.78, 5) is 29.0. The average Bonchev–Trinajstić information content (AvgIpc) is 3.18. The van der Waals surface area contributed by atoms with Crippen LogP contribution in [0.3, 0.4) is 0 Å². The molecule has 0 aromatic heterocycles. The molecule has 4 aliphatic rings. The van der Waals surface area contributed by atoms with Crippen LogP contribution in [0.1, 0.15) is 34.1 Å². The van der Waals surface area contributed by atoms with Crippen LogP contribution in [0.2, 0.25) is 0 Å². The summed E-state index contributed by atoms with van der Waals surface area (Å²) in [5.74, 6) is -1.18. The van der Waals surface area contributed by atoms with Crippen molar-refractivity contribution >= 4 is 28.9 Å². The molecule has 5 nitrogen and oxygen atoms in total. The summed E-state index contributed by atoms with van der Waals surface area (Å²) in [5, 5.41) is 8.52. The van der Waals surface area contributed by atoms with E-state index in [1.54, 1.807) is 24.3 Å². The molecule has 1 fully saturated rings. The van der Waals surface area contributed by atoms with Gasteiger partial charge in [0.15, 0.2) is 0 Å². The van der Waals surface area contributed by atoms with Crippen LogP contribution in [0.25, 0.3) is 0 Å². The molecule has 5 heteroatoms. The number of carbonyl (C=O) groups is 2. The summed E-state index contributed by atoms with van der Waals surface area (Å²) in [6.07, 6.45) is 0. The molecule has 35 heavy (non-hydrogen) atoms. The number of benzene rings is 4. The number of carbonyl (C=O) groups excluding carboxylic acids is 2. The molecule has 2 atom stereocenters. The molecule has 8 rings (SSSR count). The lowest BCUT2D eigenvalue weighted by atomic mass is 9.55. The maximum atomic E-state index is 13.8.